The molecule has 2 atom stereocenters. The van der Waals surface area contributed by atoms with Gasteiger partial charge >= 0.3 is 0 Å². The molecule has 32 heavy (non-hydrogen) atoms. The van der Waals surface area contributed by atoms with Crippen LogP contribution in [0.5, 0.6) is 0 Å². The summed E-state index contributed by atoms with van der Waals surface area (Å²) in [5.74, 6) is 0.445. The highest BCUT2D eigenvalue weighted by Gasteiger charge is 2.26. The number of nitrogens with zero attached hydrogens (tertiary/aromatic N) is 3. The smallest absolute Gasteiger partial charge is 0.242 e. The minimum atomic E-state index is 0.0328. The summed E-state index contributed by atoms with van der Waals surface area (Å²) < 4.78 is 7.75. The second-order valence-electron chi connectivity index (χ2n) is 8.27. The molecule has 1 aromatic heterocycles. The molecule has 1 aliphatic rings. The fourth-order valence-electron chi connectivity index (χ4n) is 4.12. The lowest BCUT2D eigenvalue weighted by molar-refractivity contribution is -0.143. The van der Waals surface area contributed by atoms with E-state index in [0.717, 1.165) is 21.5 Å². The Hall–Kier alpha value is -2.77. The first-order valence-corrected chi connectivity index (χ1v) is 11.9. The Morgan fingerprint density at radius 3 is 2.41 bits per heavy atom. The van der Waals surface area contributed by atoms with Gasteiger partial charge in [0, 0.05) is 47.8 Å². The largest absolute Gasteiger partial charge is 0.372 e. The van der Waals surface area contributed by atoms with Crippen molar-refractivity contribution in [2.75, 3.05) is 30.8 Å². The monoisotopic (exact) mass is 451 g/mol. The van der Waals surface area contributed by atoms with Crippen LogP contribution in [0.25, 0.3) is 10.9 Å². The van der Waals surface area contributed by atoms with Crippen molar-refractivity contribution >= 4 is 40.2 Å². The van der Waals surface area contributed by atoms with Crippen LogP contribution < -0.4 is 4.90 Å². The third-order valence-electron chi connectivity index (χ3n) is 5.70. The van der Waals surface area contributed by atoms with Crippen molar-refractivity contribution in [3.63, 3.8) is 0 Å². The molecule has 2 heterocycles. The van der Waals surface area contributed by atoms with Gasteiger partial charge in [0.2, 0.25) is 11.8 Å². The van der Waals surface area contributed by atoms with Crippen LogP contribution in [0.3, 0.4) is 0 Å². The number of carbonyl (C=O) groups is 2. The van der Waals surface area contributed by atoms with Crippen molar-refractivity contribution in [3.05, 3.63) is 60.8 Å². The minimum Gasteiger partial charge on any atom is -0.372 e. The summed E-state index contributed by atoms with van der Waals surface area (Å²) in [6.07, 6.45) is 2.08. The number of morpholine rings is 1. The van der Waals surface area contributed by atoms with Crippen molar-refractivity contribution in [2.24, 2.45) is 0 Å². The summed E-state index contributed by atoms with van der Waals surface area (Å²) in [6.45, 7) is 5.51. The summed E-state index contributed by atoms with van der Waals surface area (Å²) in [5, 5.41) is 1.06. The number of anilines is 1. The van der Waals surface area contributed by atoms with Crippen molar-refractivity contribution in [3.8, 4) is 0 Å². The van der Waals surface area contributed by atoms with E-state index < -0.39 is 0 Å². The molecular formula is C25H29N3O3S. The summed E-state index contributed by atoms with van der Waals surface area (Å²) in [4.78, 5) is 30.3. The maximum atomic E-state index is 13.0. The first-order valence-electron chi connectivity index (χ1n) is 10.9. The molecular weight excluding hydrogens is 422 g/mol. The average Bonchev–Trinajstić information content (AvgIpc) is 3.14. The molecule has 0 spiro atoms. The van der Waals surface area contributed by atoms with E-state index in [-0.39, 0.29) is 30.6 Å². The van der Waals surface area contributed by atoms with Crippen LogP contribution in [0, 0.1) is 0 Å². The molecule has 168 valence electrons. The van der Waals surface area contributed by atoms with Crippen LogP contribution in [0.1, 0.15) is 13.8 Å². The molecule has 2 unspecified atom stereocenters. The van der Waals surface area contributed by atoms with Crippen LogP contribution >= 0.6 is 11.8 Å². The van der Waals surface area contributed by atoms with E-state index in [1.165, 1.54) is 11.8 Å². The van der Waals surface area contributed by atoms with Gasteiger partial charge in [-0.2, -0.15) is 0 Å². The van der Waals surface area contributed by atoms with E-state index >= 15 is 0 Å². The fraction of sp³-hybridized carbons (Fsp3) is 0.360. The van der Waals surface area contributed by atoms with Crippen LogP contribution in [0.15, 0.2) is 65.7 Å². The standard InChI is InChI=1S/C25H29N3O3S/c1-18-13-28(14-19(2)31-18)24(29)16-27-15-23(21-11-7-8-12-22(21)27)32-17-25(30)26(3)20-9-5-4-6-10-20/h4-12,15,18-19H,13-14,16-17H2,1-3H3. The second kappa shape index (κ2) is 9.79. The average molecular weight is 452 g/mol. The van der Waals surface area contributed by atoms with E-state index in [2.05, 4.69) is 0 Å². The van der Waals surface area contributed by atoms with Crippen LogP contribution in [-0.4, -0.2) is 59.4 Å². The molecule has 1 aliphatic heterocycles. The predicted octanol–water partition coefficient (Wildman–Crippen LogP) is 4.03. The molecule has 0 radical (unpaired) electrons. The summed E-state index contributed by atoms with van der Waals surface area (Å²) in [6, 6.07) is 17.7. The number of amides is 2. The highest BCUT2D eigenvalue weighted by molar-refractivity contribution is 8.00. The molecule has 2 aromatic carbocycles. The molecule has 3 aromatic rings. The second-order valence-corrected chi connectivity index (χ2v) is 9.29. The van der Waals surface area contributed by atoms with Crippen LogP contribution in [-0.2, 0) is 20.9 Å². The lowest BCUT2D eigenvalue weighted by Gasteiger charge is -2.35. The van der Waals surface area contributed by atoms with Gasteiger partial charge in [0.15, 0.2) is 0 Å². The molecule has 2 amide bonds. The zero-order valence-corrected chi connectivity index (χ0v) is 19.5. The first-order chi connectivity index (χ1) is 15.4. The molecule has 1 saturated heterocycles. The van der Waals surface area contributed by atoms with E-state index in [0.29, 0.717) is 18.8 Å². The number of fused-ring (bicyclic) bond motifs is 1. The highest BCUT2D eigenvalue weighted by Crippen LogP contribution is 2.30. The minimum absolute atomic E-state index is 0.0328. The lowest BCUT2D eigenvalue weighted by atomic mass is 10.2. The third-order valence-corrected chi connectivity index (χ3v) is 6.73. The first kappa shape index (κ1) is 22.4. The molecule has 1 fully saturated rings. The van der Waals surface area contributed by atoms with Crippen LogP contribution in [0.4, 0.5) is 5.69 Å². The number of thioether (sulfide) groups is 1. The van der Waals surface area contributed by atoms with Gasteiger partial charge < -0.3 is 19.1 Å². The quantitative estimate of drug-likeness (QED) is 0.531. The van der Waals surface area contributed by atoms with E-state index in [4.69, 9.17) is 4.74 Å². The molecule has 0 saturated carbocycles. The molecule has 0 bridgehead atoms. The number of benzene rings is 2. The maximum absolute atomic E-state index is 13.0. The number of aromatic nitrogens is 1. The molecule has 7 heteroatoms. The van der Waals surface area contributed by atoms with Crippen molar-refractivity contribution in [1.29, 1.82) is 0 Å². The van der Waals surface area contributed by atoms with Gasteiger partial charge in [0.1, 0.15) is 6.54 Å². The van der Waals surface area contributed by atoms with E-state index in [1.807, 2.05) is 84.1 Å². The Labute approximate surface area is 193 Å². The molecule has 0 N–H and O–H groups in total. The Kier molecular flexibility index (Phi) is 6.86. The van der Waals surface area contributed by atoms with Crippen molar-refractivity contribution in [2.45, 2.75) is 37.5 Å². The number of para-hydroxylation sites is 2. The van der Waals surface area contributed by atoms with Gasteiger partial charge in [-0.15, -0.1) is 11.8 Å². The SMILES string of the molecule is CC1CN(C(=O)Cn2cc(SCC(=O)N(C)c3ccccc3)c3ccccc32)CC(C)O1. The zero-order chi connectivity index (χ0) is 22.7. The number of rotatable bonds is 6. The Bertz CT molecular complexity index is 1090. The third kappa shape index (κ3) is 5.00. The fourth-order valence-corrected chi connectivity index (χ4v) is 5.12. The van der Waals surface area contributed by atoms with Gasteiger partial charge in [-0.25, -0.2) is 0 Å². The molecule has 4 rings (SSSR count). The topological polar surface area (TPSA) is 54.8 Å². The lowest BCUT2D eigenvalue weighted by Crippen LogP contribution is -2.49. The predicted molar refractivity (Wildman–Crippen MR) is 129 cm³/mol. The van der Waals surface area contributed by atoms with E-state index in [9.17, 15) is 9.59 Å². The number of ether oxygens (including phenoxy) is 1. The van der Waals surface area contributed by atoms with Gasteiger partial charge in [-0.1, -0.05) is 36.4 Å². The number of carbonyl (C=O) groups excluding carboxylic acids is 2. The maximum Gasteiger partial charge on any atom is 0.242 e. The van der Waals surface area contributed by atoms with Gasteiger partial charge in [-0.05, 0) is 32.0 Å². The summed E-state index contributed by atoms with van der Waals surface area (Å²) in [5.41, 5.74) is 1.88. The van der Waals surface area contributed by atoms with Gasteiger partial charge in [0.25, 0.3) is 0 Å². The highest BCUT2D eigenvalue weighted by atomic mass is 32.2. The number of hydrogen-bond acceptors (Lipinski definition) is 4. The van der Waals surface area contributed by atoms with Crippen LogP contribution in [0.2, 0.25) is 0 Å². The Balaban J connectivity index is 1.48. The normalized spacial score (nSPS) is 18.7. The van der Waals surface area contributed by atoms with Gasteiger partial charge in [-0.3, -0.25) is 9.59 Å². The van der Waals surface area contributed by atoms with E-state index in [1.54, 1.807) is 11.9 Å². The zero-order valence-electron chi connectivity index (χ0n) is 18.7. The molecule has 6 nitrogen and oxygen atoms in total. The summed E-state index contributed by atoms with van der Waals surface area (Å²) in [7, 11) is 1.80. The summed E-state index contributed by atoms with van der Waals surface area (Å²) >= 11 is 1.51. The van der Waals surface area contributed by atoms with Crippen molar-refractivity contribution < 1.29 is 14.3 Å². The Morgan fingerprint density at radius 2 is 1.69 bits per heavy atom. The number of hydrogen-bond donors (Lipinski definition) is 0. The molecule has 0 aliphatic carbocycles. The van der Waals surface area contributed by atoms with Crippen molar-refractivity contribution in [1.82, 2.24) is 9.47 Å². The van der Waals surface area contributed by atoms with Gasteiger partial charge in [0.05, 0.1) is 18.0 Å². The Morgan fingerprint density at radius 1 is 1.03 bits per heavy atom.